The molecule has 0 atom stereocenters. The number of thioether (sulfide) groups is 1. The Morgan fingerprint density at radius 3 is 2.71 bits per heavy atom. The lowest BCUT2D eigenvalue weighted by molar-refractivity contribution is -0.118. The average molecular weight is 415 g/mol. The van der Waals surface area contributed by atoms with E-state index in [2.05, 4.69) is 46.8 Å². The van der Waals surface area contributed by atoms with E-state index in [1.165, 1.54) is 5.56 Å². The molecule has 0 radical (unpaired) electrons. The van der Waals surface area contributed by atoms with E-state index in [1.807, 2.05) is 36.9 Å². The van der Waals surface area contributed by atoms with Gasteiger partial charge in [0.25, 0.3) is 0 Å². The number of nitrogens with zero attached hydrogens (tertiary/aromatic N) is 2. The quantitative estimate of drug-likeness (QED) is 0.449. The van der Waals surface area contributed by atoms with Crippen molar-refractivity contribution in [2.45, 2.75) is 39.0 Å². The van der Waals surface area contributed by atoms with E-state index in [-0.39, 0.29) is 5.91 Å². The van der Waals surface area contributed by atoms with Crippen molar-refractivity contribution in [2.24, 2.45) is 4.99 Å². The van der Waals surface area contributed by atoms with Crippen LogP contribution >= 0.6 is 23.1 Å². The van der Waals surface area contributed by atoms with E-state index < -0.39 is 0 Å². The van der Waals surface area contributed by atoms with Crippen LogP contribution in [0.5, 0.6) is 5.75 Å². The van der Waals surface area contributed by atoms with Gasteiger partial charge in [0.2, 0.25) is 5.91 Å². The number of hydrogen-bond donors (Lipinski definition) is 0. The number of carbonyl (C=O) groups excluding carboxylic acids is 1. The molecule has 28 heavy (non-hydrogen) atoms. The SMILES string of the molecule is CCOc1cccc2sc(=NC(=O)CCCSCc3ccccc3)n(CC)c12. The first-order valence-corrected chi connectivity index (χ1v) is 11.6. The summed E-state index contributed by atoms with van der Waals surface area (Å²) in [6, 6.07) is 16.4. The van der Waals surface area contributed by atoms with Crippen LogP contribution < -0.4 is 9.54 Å². The normalized spacial score (nSPS) is 11.9. The zero-order chi connectivity index (χ0) is 19.8. The fraction of sp³-hybridized carbons (Fsp3) is 0.364. The Kier molecular flexibility index (Phi) is 7.74. The second kappa shape index (κ2) is 10.5. The fourth-order valence-corrected chi connectivity index (χ4v) is 5.05. The summed E-state index contributed by atoms with van der Waals surface area (Å²) >= 11 is 3.41. The van der Waals surface area contributed by atoms with Gasteiger partial charge in [0.15, 0.2) is 4.80 Å². The molecule has 0 aliphatic heterocycles. The maximum atomic E-state index is 12.4. The van der Waals surface area contributed by atoms with E-state index in [4.69, 9.17) is 4.74 Å². The van der Waals surface area contributed by atoms with E-state index in [0.29, 0.717) is 13.0 Å². The summed E-state index contributed by atoms with van der Waals surface area (Å²) in [5, 5.41) is 0. The van der Waals surface area contributed by atoms with Gasteiger partial charge in [-0.15, -0.1) is 0 Å². The van der Waals surface area contributed by atoms with Gasteiger partial charge in [-0.05, 0) is 43.7 Å². The Balaban J connectivity index is 1.63. The van der Waals surface area contributed by atoms with Crippen molar-refractivity contribution in [3.05, 3.63) is 58.9 Å². The van der Waals surface area contributed by atoms with Crippen molar-refractivity contribution in [3.63, 3.8) is 0 Å². The Hall–Kier alpha value is -2.05. The number of rotatable bonds is 9. The number of aryl methyl sites for hydroxylation is 1. The second-order valence-corrected chi connectivity index (χ2v) is 8.43. The molecule has 3 aromatic rings. The predicted molar refractivity (Wildman–Crippen MR) is 119 cm³/mol. The molecule has 1 amide bonds. The number of amides is 1. The lowest BCUT2D eigenvalue weighted by atomic mass is 10.2. The third-order valence-electron chi connectivity index (χ3n) is 4.29. The van der Waals surface area contributed by atoms with Gasteiger partial charge in [-0.2, -0.15) is 16.8 Å². The zero-order valence-corrected chi connectivity index (χ0v) is 18.0. The van der Waals surface area contributed by atoms with Crippen LogP contribution in [0.3, 0.4) is 0 Å². The number of para-hydroxylation sites is 1. The van der Waals surface area contributed by atoms with Crippen LogP contribution in [0.2, 0.25) is 0 Å². The molecule has 0 fully saturated rings. The minimum absolute atomic E-state index is 0.0490. The van der Waals surface area contributed by atoms with Crippen molar-refractivity contribution in [2.75, 3.05) is 12.4 Å². The molecule has 2 aromatic carbocycles. The monoisotopic (exact) mass is 414 g/mol. The Bertz CT molecular complexity index is 977. The van der Waals surface area contributed by atoms with Crippen molar-refractivity contribution in [1.29, 1.82) is 0 Å². The number of fused-ring (bicyclic) bond motifs is 1. The van der Waals surface area contributed by atoms with Crippen molar-refractivity contribution >= 4 is 39.2 Å². The van der Waals surface area contributed by atoms with Crippen LogP contribution in [0.25, 0.3) is 10.2 Å². The van der Waals surface area contributed by atoms with Gasteiger partial charge in [-0.25, -0.2) is 0 Å². The summed E-state index contributed by atoms with van der Waals surface area (Å²) in [6.45, 7) is 5.42. The van der Waals surface area contributed by atoms with Crippen LogP contribution in [-0.2, 0) is 17.1 Å². The van der Waals surface area contributed by atoms with Crippen LogP contribution in [0.4, 0.5) is 0 Å². The molecule has 0 saturated carbocycles. The van der Waals surface area contributed by atoms with Crippen LogP contribution in [0.15, 0.2) is 53.5 Å². The maximum absolute atomic E-state index is 12.4. The molecule has 148 valence electrons. The first kappa shape index (κ1) is 20.7. The van der Waals surface area contributed by atoms with E-state index in [1.54, 1.807) is 11.3 Å². The topological polar surface area (TPSA) is 43.6 Å². The molecular weight excluding hydrogens is 388 g/mol. The first-order valence-electron chi connectivity index (χ1n) is 9.67. The summed E-state index contributed by atoms with van der Waals surface area (Å²) in [5.74, 6) is 2.75. The highest BCUT2D eigenvalue weighted by atomic mass is 32.2. The van der Waals surface area contributed by atoms with Crippen molar-refractivity contribution in [3.8, 4) is 5.75 Å². The van der Waals surface area contributed by atoms with Crippen LogP contribution in [-0.4, -0.2) is 22.8 Å². The molecule has 3 rings (SSSR count). The molecule has 1 heterocycles. The molecule has 0 aliphatic carbocycles. The number of thiazole rings is 1. The Labute approximate surface area is 174 Å². The largest absolute Gasteiger partial charge is 0.492 e. The molecule has 0 spiro atoms. The molecular formula is C22H26N2O2S2. The molecule has 0 N–H and O–H groups in total. The van der Waals surface area contributed by atoms with Crippen molar-refractivity contribution in [1.82, 2.24) is 4.57 Å². The number of carbonyl (C=O) groups is 1. The standard InChI is InChI=1S/C22H26N2O2S2/c1-3-24-21-18(26-4-2)12-8-13-19(21)28-22(24)23-20(25)14-9-15-27-16-17-10-6-5-7-11-17/h5-8,10-13H,3-4,9,14-16H2,1-2H3. The minimum atomic E-state index is -0.0490. The number of hydrogen-bond acceptors (Lipinski definition) is 4. The van der Waals surface area contributed by atoms with Gasteiger partial charge >= 0.3 is 0 Å². The number of benzene rings is 2. The molecule has 6 heteroatoms. The highest BCUT2D eigenvalue weighted by Gasteiger charge is 2.11. The number of aromatic nitrogens is 1. The summed E-state index contributed by atoms with van der Waals surface area (Å²) < 4.78 is 8.94. The molecule has 0 aliphatic rings. The predicted octanol–water partition coefficient (Wildman–Crippen LogP) is 5.26. The van der Waals surface area contributed by atoms with Crippen LogP contribution in [0, 0.1) is 0 Å². The third-order valence-corrected chi connectivity index (χ3v) is 6.45. The zero-order valence-electron chi connectivity index (χ0n) is 16.4. The van der Waals surface area contributed by atoms with Gasteiger partial charge < -0.3 is 9.30 Å². The highest BCUT2D eigenvalue weighted by Crippen LogP contribution is 2.27. The van der Waals surface area contributed by atoms with Gasteiger partial charge in [0.05, 0.1) is 11.3 Å². The lowest BCUT2D eigenvalue weighted by Gasteiger charge is -2.07. The van der Waals surface area contributed by atoms with Gasteiger partial charge in [0.1, 0.15) is 11.3 Å². The summed E-state index contributed by atoms with van der Waals surface area (Å²) in [7, 11) is 0. The highest BCUT2D eigenvalue weighted by molar-refractivity contribution is 7.98. The van der Waals surface area contributed by atoms with E-state index in [0.717, 1.165) is 45.2 Å². The smallest absolute Gasteiger partial charge is 0.248 e. The lowest BCUT2D eigenvalue weighted by Crippen LogP contribution is -2.16. The Morgan fingerprint density at radius 1 is 1.14 bits per heavy atom. The minimum Gasteiger partial charge on any atom is -0.492 e. The van der Waals surface area contributed by atoms with Crippen LogP contribution in [0.1, 0.15) is 32.3 Å². The fourth-order valence-electron chi connectivity index (χ4n) is 3.00. The maximum Gasteiger partial charge on any atom is 0.248 e. The summed E-state index contributed by atoms with van der Waals surface area (Å²) in [5.41, 5.74) is 2.35. The van der Waals surface area contributed by atoms with E-state index >= 15 is 0 Å². The second-order valence-electron chi connectivity index (χ2n) is 6.31. The van der Waals surface area contributed by atoms with Crippen molar-refractivity contribution < 1.29 is 9.53 Å². The molecule has 0 saturated heterocycles. The molecule has 0 unspecified atom stereocenters. The average Bonchev–Trinajstić information content (AvgIpc) is 3.06. The summed E-state index contributed by atoms with van der Waals surface area (Å²) in [4.78, 5) is 17.5. The number of ether oxygens (including phenoxy) is 1. The molecule has 4 nitrogen and oxygen atoms in total. The third kappa shape index (κ3) is 5.26. The molecule has 0 bridgehead atoms. The van der Waals surface area contributed by atoms with E-state index in [9.17, 15) is 4.79 Å². The van der Waals surface area contributed by atoms with Gasteiger partial charge in [-0.1, -0.05) is 47.7 Å². The first-order chi connectivity index (χ1) is 13.7. The van der Waals surface area contributed by atoms with Gasteiger partial charge in [0, 0.05) is 18.7 Å². The molecule has 1 aromatic heterocycles. The Morgan fingerprint density at radius 2 is 1.96 bits per heavy atom. The van der Waals surface area contributed by atoms with Gasteiger partial charge in [-0.3, -0.25) is 4.79 Å². The summed E-state index contributed by atoms with van der Waals surface area (Å²) in [6.07, 6.45) is 1.33.